The van der Waals surface area contributed by atoms with Crippen molar-refractivity contribution in [2.45, 2.75) is 136 Å². The van der Waals surface area contributed by atoms with E-state index in [9.17, 15) is 10.2 Å². The second-order valence-corrected chi connectivity index (χ2v) is 13.4. The van der Waals surface area contributed by atoms with E-state index in [0.29, 0.717) is 17.3 Å². The van der Waals surface area contributed by atoms with Gasteiger partial charge in [-0.15, -0.1) is 0 Å². The minimum absolute atomic E-state index is 0.161. The first-order valence-electron chi connectivity index (χ1n) is 14.0. The third kappa shape index (κ3) is 3.65. The number of hydrogen-bond donors (Lipinski definition) is 2. The number of hydrogen-bond acceptors (Lipinski definition) is 2. The fourth-order valence-corrected chi connectivity index (χ4v) is 9.78. The van der Waals surface area contributed by atoms with E-state index < -0.39 is 5.60 Å². The standard InChI is InChI=1S/C29H52O2/c1-7-28(30,20(2)3)18-12-21(4)23-10-11-24-22-13-19-29(31)16-9-8-15-27(29,6)25(22)14-17-26(23,24)5/h20-25,30-31H,7-19H2,1-6H3/t21-,22+,23-,24+,25+,26-,27-,28+,29?/m1/s1. The molecule has 4 aliphatic carbocycles. The van der Waals surface area contributed by atoms with Gasteiger partial charge in [-0.3, -0.25) is 0 Å². The van der Waals surface area contributed by atoms with Gasteiger partial charge in [0.05, 0.1) is 11.2 Å². The average Bonchev–Trinajstić information content (AvgIpc) is 3.09. The third-order valence-electron chi connectivity index (χ3n) is 12.2. The van der Waals surface area contributed by atoms with Gasteiger partial charge >= 0.3 is 0 Å². The second kappa shape index (κ2) is 8.30. The Hall–Kier alpha value is -0.0800. The van der Waals surface area contributed by atoms with Crippen LogP contribution < -0.4 is 0 Å². The molecule has 1 unspecified atom stereocenters. The molecule has 180 valence electrons. The third-order valence-corrected chi connectivity index (χ3v) is 12.2. The Morgan fingerprint density at radius 2 is 1.61 bits per heavy atom. The first-order valence-corrected chi connectivity index (χ1v) is 14.0. The van der Waals surface area contributed by atoms with Crippen LogP contribution in [-0.2, 0) is 0 Å². The topological polar surface area (TPSA) is 40.5 Å². The molecule has 4 fully saturated rings. The molecule has 0 amide bonds. The summed E-state index contributed by atoms with van der Waals surface area (Å²) in [5, 5.41) is 22.7. The van der Waals surface area contributed by atoms with Gasteiger partial charge in [0.2, 0.25) is 0 Å². The van der Waals surface area contributed by atoms with E-state index in [2.05, 4.69) is 41.5 Å². The zero-order chi connectivity index (χ0) is 22.7. The van der Waals surface area contributed by atoms with Crippen LogP contribution in [0.1, 0.15) is 125 Å². The van der Waals surface area contributed by atoms with Gasteiger partial charge < -0.3 is 10.2 Å². The van der Waals surface area contributed by atoms with Crippen LogP contribution in [0.4, 0.5) is 0 Å². The van der Waals surface area contributed by atoms with Crippen molar-refractivity contribution in [3.63, 3.8) is 0 Å². The molecule has 0 heterocycles. The molecule has 0 spiro atoms. The summed E-state index contributed by atoms with van der Waals surface area (Å²) in [4.78, 5) is 0. The molecule has 4 saturated carbocycles. The highest BCUT2D eigenvalue weighted by atomic mass is 16.3. The fraction of sp³-hybridized carbons (Fsp3) is 1.00. The van der Waals surface area contributed by atoms with E-state index in [1.54, 1.807) is 0 Å². The van der Waals surface area contributed by atoms with Crippen molar-refractivity contribution < 1.29 is 10.2 Å². The number of rotatable bonds is 6. The monoisotopic (exact) mass is 432 g/mol. The lowest BCUT2D eigenvalue weighted by Crippen LogP contribution is -2.61. The van der Waals surface area contributed by atoms with Crippen molar-refractivity contribution >= 4 is 0 Å². The SMILES string of the molecule is CC[C@](O)(CC[C@@H](C)[C@H]1CC[C@H]2[C@@H]3CCC4(O)CCCC[C@]4(C)[C@H]3CC[C@]12C)C(C)C. The molecule has 0 aromatic carbocycles. The lowest BCUT2D eigenvalue weighted by molar-refractivity contribution is -0.205. The van der Waals surface area contributed by atoms with Crippen LogP contribution in [0.25, 0.3) is 0 Å². The predicted octanol–water partition coefficient (Wildman–Crippen LogP) is 7.36. The van der Waals surface area contributed by atoms with E-state index in [1.807, 2.05) is 0 Å². The van der Waals surface area contributed by atoms with E-state index in [0.717, 1.165) is 49.4 Å². The van der Waals surface area contributed by atoms with E-state index in [1.165, 1.54) is 57.8 Å². The molecular weight excluding hydrogens is 380 g/mol. The van der Waals surface area contributed by atoms with Crippen LogP contribution >= 0.6 is 0 Å². The molecule has 31 heavy (non-hydrogen) atoms. The van der Waals surface area contributed by atoms with Crippen LogP contribution in [0, 0.1) is 46.3 Å². The Labute approximate surface area is 193 Å². The molecule has 4 aliphatic rings. The van der Waals surface area contributed by atoms with Gasteiger partial charge in [-0.05, 0) is 117 Å². The van der Waals surface area contributed by atoms with E-state index >= 15 is 0 Å². The van der Waals surface area contributed by atoms with Crippen LogP contribution in [0.2, 0.25) is 0 Å². The van der Waals surface area contributed by atoms with Gasteiger partial charge in [0.25, 0.3) is 0 Å². The summed E-state index contributed by atoms with van der Waals surface area (Å²) in [6, 6.07) is 0. The predicted molar refractivity (Wildman–Crippen MR) is 130 cm³/mol. The van der Waals surface area contributed by atoms with Gasteiger partial charge in [0.15, 0.2) is 0 Å². The first-order chi connectivity index (χ1) is 14.5. The summed E-state index contributed by atoms with van der Waals surface area (Å²) in [7, 11) is 0. The van der Waals surface area contributed by atoms with Crippen molar-refractivity contribution in [3.8, 4) is 0 Å². The molecule has 2 nitrogen and oxygen atoms in total. The van der Waals surface area contributed by atoms with Gasteiger partial charge in [-0.2, -0.15) is 0 Å². The van der Waals surface area contributed by atoms with Crippen LogP contribution in [-0.4, -0.2) is 21.4 Å². The maximum absolute atomic E-state index is 11.6. The van der Waals surface area contributed by atoms with Gasteiger partial charge in [0, 0.05) is 0 Å². The first kappa shape index (κ1) is 24.1. The van der Waals surface area contributed by atoms with Crippen LogP contribution in [0.5, 0.6) is 0 Å². The number of aliphatic hydroxyl groups is 2. The Morgan fingerprint density at radius 3 is 2.29 bits per heavy atom. The van der Waals surface area contributed by atoms with Crippen molar-refractivity contribution in [2.75, 3.05) is 0 Å². The van der Waals surface area contributed by atoms with Gasteiger partial charge in [-0.1, -0.05) is 54.4 Å². The Morgan fingerprint density at radius 1 is 0.903 bits per heavy atom. The molecular formula is C29H52O2. The fourth-order valence-electron chi connectivity index (χ4n) is 9.78. The summed E-state index contributed by atoms with van der Waals surface area (Å²) in [6.07, 6.45) is 15.6. The smallest absolute Gasteiger partial charge is 0.0703 e. The van der Waals surface area contributed by atoms with Crippen LogP contribution in [0.3, 0.4) is 0 Å². The molecule has 0 saturated heterocycles. The molecule has 9 atom stereocenters. The lowest BCUT2D eigenvalue weighted by Gasteiger charge is -2.63. The van der Waals surface area contributed by atoms with Gasteiger partial charge in [0.1, 0.15) is 0 Å². The minimum atomic E-state index is -0.492. The summed E-state index contributed by atoms with van der Waals surface area (Å²) < 4.78 is 0. The summed E-state index contributed by atoms with van der Waals surface area (Å²) in [6.45, 7) is 14.1. The quantitative estimate of drug-likeness (QED) is 0.460. The summed E-state index contributed by atoms with van der Waals surface area (Å²) in [5.74, 6) is 4.29. The van der Waals surface area contributed by atoms with Crippen molar-refractivity contribution in [1.82, 2.24) is 0 Å². The molecule has 2 N–H and O–H groups in total. The summed E-state index contributed by atoms with van der Waals surface area (Å²) >= 11 is 0. The summed E-state index contributed by atoms with van der Waals surface area (Å²) in [5.41, 5.74) is -0.238. The zero-order valence-electron chi connectivity index (χ0n) is 21.6. The highest BCUT2D eigenvalue weighted by molar-refractivity contribution is 5.13. The molecule has 0 aromatic rings. The average molecular weight is 433 g/mol. The normalized spacial score (nSPS) is 47.9. The van der Waals surface area contributed by atoms with Crippen molar-refractivity contribution in [2.24, 2.45) is 46.3 Å². The maximum atomic E-state index is 11.6. The van der Waals surface area contributed by atoms with Gasteiger partial charge in [-0.25, -0.2) is 0 Å². The Bertz CT molecular complexity index is 645. The largest absolute Gasteiger partial charge is 0.390 e. The van der Waals surface area contributed by atoms with E-state index in [4.69, 9.17) is 0 Å². The maximum Gasteiger partial charge on any atom is 0.0703 e. The second-order valence-electron chi connectivity index (χ2n) is 13.4. The van der Waals surface area contributed by atoms with Crippen LogP contribution in [0.15, 0.2) is 0 Å². The minimum Gasteiger partial charge on any atom is -0.390 e. The lowest BCUT2D eigenvalue weighted by atomic mass is 9.43. The molecule has 0 bridgehead atoms. The van der Waals surface area contributed by atoms with E-state index in [-0.39, 0.29) is 11.0 Å². The molecule has 0 radical (unpaired) electrons. The van der Waals surface area contributed by atoms with Crippen molar-refractivity contribution in [1.29, 1.82) is 0 Å². The Balaban J connectivity index is 1.48. The molecule has 0 aliphatic heterocycles. The molecule has 2 heteroatoms. The zero-order valence-corrected chi connectivity index (χ0v) is 21.6. The highest BCUT2D eigenvalue weighted by Gasteiger charge is 2.63. The Kier molecular flexibility index (Phi) is 6.44. The number of fused-ring (bicyclic) bond motifs is 5. The molecule has 0 aromatic heterocycles. The highest BCUT2D eigenvalue weighted by Crippen LogP contribution is 2.69. The van der Waals surface area contributed by atoms with Crippen molar-refractivity contribution in [3.05, 3.63) is 0 Å². The molecule has 4 rings (SSSR count).